The highest BCUT2D eigenvalue weighted by Crippen LogP contribution is 2.40. The van der Waals surface area contributed by atoms with Crippen molar-refractivity contribution < 1.29 is 31.9 Å². The molecule has 0 aliphatic carbocycles. The van der Waals surface area contributed by atoms with Crippen molar-refractivity contribution in [3.63, 3.8) is 0 Å². The minimum atomic E-state index is -4.87. The Kier molecular flexibility index (Phi) is 5.24. The van der Waals surface area contributed by atoms with E-state index in [0.717, 1.165) is 18.2 Å². The summed E-state index contributed by atoms with van der Waals surface area (Å²) in [4.78, 5) is 10.9. The van der Waals surface area contributed by atoms with Gasteiger partial charge in [0.2, 0.25) is 0 Å². The molecule has 26 heavy (non-hydrogen) atoms. The number of carbonyl (C=O) groups excluding carboxylic acids is 1. The molecule has 1 atom stereocenters. The van der Waals surface area contributed by atoms with Crippen molar-refractivity contribution in [3.05, 3.63) is 58.7 Å². The number of aldehydes is 1. The molecule has 0 saturated heterocycles. The second kappa shape index (κ2) is 6.79. The molecule has 140 valence electrons. The number of hydrogen-bond acceptors (Lipinski definition) is 2. The second-order valence-corrected chi connectivity index (χ2v) is 6.47. The van der Waals surface area contributed by atoms with Gasteiger partial charge in [0.25, 0.3) is 0 Å². The van der Waals surface area contributed by atoms with Crippen LogP contribution < -0.4 is 0 Å². The van der Waals surface area contributed by atoms with E-state index in [2.05, 4.69) is 0 Å². The van der Waals surface area contributed by atoms with Crippen LogP contribution in [0.25, 0.3) is 11.1 Å². The largest absolute Gasteiger partial charge is 0.421 e. The summed E-state index contributed by atoms with van der Waals surface area (Å²) in [7, 11) is 0. The minimum Gasteiger partial charge on any atom is -0.376 e. The summed E-state index contributed by atoms with van der Waals surface area (Å²) in [6.07, 6.45) is -4.79. The predicted octanol–water partition coefficient (Wildman–Crippen LogP) is 5.34. The molecule has 0 spiro atoms. The number of carbonyl (C=O) groups is 1. The molecular weight excluding hydrogens is 355 g/mol. The molecule has 1 N–H and O–H groups in total. The van der Waals surface area contributed by atoms with E-state index in [4.69, 9.17) is 0 Å². The van der Waals surface area contributed by atoms with E-state index in [1.54, 1.807) is 13.8 Å². The Labute approximate surface area is 147 Å². The topological polar surface area (TPSA) is 37.3 Å². The smallest absolute Gasteiger partial charge is 0.376 e. The van der Waals surface area contributed by atoms with Crippen LogP contribution in [0.5, 0.6) is 0 Å². The summed E-state index contributed by atoms with van der Waals surface area (Å²) in [5, 5.41) is 9.70. The molecule has 0 saturated carbocycles. The lowest BCUT2D eigenvalue weighted by Crippen LogP contribution is -2.39. The number of alkyl halides is 3. The first-order valence-electron chi connectivity index (χ1n) is 7.78. The number of benzene rings is 2. The van der Waals surface area contributed by atoms with Crippen LogP contribution in [0.3, 0.4) is 0 Å². The zero-order valence-electron chi connectivity index (χ0n) is 14.3. The third-order valence-electron chi connectivity index (χ3n) is 4.30. The Morgan fingerprint density at radius 3 is 2.04 bits per heavy atom. The third-order valence-corrected chi connectivity index (χ3v) is 4.30. The van der Waals surface area contributed by atoms with E-state index in [9.17, 15) is 31.9 Å². The highest BCUT2D eigenvalue weighted by atomic mass is 19.4. The molecule has 7 heteroatoms. The van der Waals surface area contributed by atoms with E-state index in [1.165, 1.54) is 12.1 Å². The molecular formula is C19H17F5O2. The number of aliphatic hydroxyl groups is 1. The van der Waals surface area contributed by atoms with Gasteiger partial charge in [0.15, 0.2) is 11.9 Å². The van der Waals surface area contributed by atoms with Gasteiger partial charge in [0.05, 0.1) is 5.56 Å². The Balaban J connectivity index is 2.62. The predicted molar refractivity (Wildman–Crippen MR) is 86.9 cm³/mol. The number of rotatable bonds is 4. The van der Waals surface area contributed by atoms with Crippen LogP contribution in [-0.4, -0.2) is 17.6 Å². The molecule has 0 aromatic heterocycles. The van der Waals surface area contributed by atoms with Gasteiger partial charge >= 0.3 is 6.18 Å². The summed E-state index contributed by atoms with van der Waals surface area (Å²) in [5.41, 5.74) is -3.64. The summed E-state index contributed by atoms with van der Waals surface area (Å²) < 4.78 is 67.3. The number of halogens is 5. The first kappa shape index (κ1) is 20.0. The van der Waals surface area contributed by atoms with Gasteiger partial charge in [-0.3, -0.25) is 4.79 Å². The normalized spacial score (nSPS) is 14.4. The molecule has 2 aromatic rings. The minimum absolute atomic E-state index is 0.0869. The summed E-state index contributed by atoms with van der Waals surface area (Å²) >= 11 is 0. The Hall–Kier alpha value is -2.28. The SMILES string of the molecule is CC(C)c1c(-c2ccc(C(C)(O)C(F)(F)F)cc2)cc(F)c(C=O)c1F. The fourth-order valence-electron chi connectivity index (χ4n) is 2.70. The van der Waals surface area contributed by atoms with Crippen molar-refractivity contribution in [2.75, 3.05) is 0 Å². The molecule has 2 aromatic carbocycles. The van der Waals surface area contributed by atoms with Crippen molar-refractivity contribution in [1.82, 2.24) is 0 Å². The molecule has 2 nitrogen and oxygen atoms in total. The van der Waals surface area contributed by atoms with Crippen LogP contribution in [0.15, 0.2) is 30.3 Å². The molecule has 0 heterocycles. The van der Waals surface area contributed by atoms with Crippen LogP contribution in [0.4, 0.5) is 22.0 Å². The van der Waals surface area contributed by atoms with Crippen LogP contribution in [0, 0.1) is 11.6 Å². The second-order valence-electron chi connectivity index (χ2n) is 6.47. The van der Waals surface area contributed by atoms with Gasteiger partial charge in [-0.1, -0.05) is 38.1 Å². The van der Waals surface area contributed by atoms with Gasteiger partial charge in [-0.25, -0.2) is 8.78 Å². The zero-order chi connectivity index (χ0) is 19.9. The lowest BCUT2D eigenvalue weighted by Gasteiger charge is -2.27. The lowest BCUT2D eigenvalue weighted by atomic mass is 9.88. The van der Waals surface area contributed by atoms with E-state index >= 15 is 0 Å². The molecule has 0 fully saturated rings. The van der Waals surface area contributed by atoms with Crippen LogP contribution in [0.2, 0.25) is 0 Å². The van der Waals surface area contributed by atoms with Crippen LogP contribution in [0.1, 0.15) is 48.2 Å². The fourth-order valence-corrected chi connectivity index (χ4v) is 2.70. The maximum absolute atomic E-state index is 14.5. The monoisotopic (exact) mass is 372 g/mol. The molecule has 0 amide bonds. The van der Waals surface area contributed by atoms with Crippen molar-refractivity contribution in [2.24, 2.45) is 0 Å². The van der Waals surface area contributed by atoms with Gasteiger partial charge in [-0.05, 0) is 41.2 Å². The van der Waals surface area contributed by atoms with E-state index in [-0.39, 0.29) is 23.0 Å². The summed E-state index contributed by atoms with van der Waals surface area (Å²) in [5.74, 6) is -2.44. The first-order chi connectivity index (χ1) is 11.9. The first-order valence-corrected chi connectivity index (χ1v) is 7.78. The van der Waals surface area contributed by atoms with Crippen molar-refractivity contribution >= 4 is 6.29 Å². The van der Waals surface area contributed by atoms with Crippen molar-refractivity contribution in [3.8, 4) is 11.1 Å². The standard InChI is InChI=1S/C19H17F5O2/c1-10(2)16-13(8-15(20)14(9-25)17(16)21)11-4-6-12(7-5-11)18(3,26)19(22,23)24/h4-10,26H,1-3H3. The Bertz CT molecular complexity index is 821. The van der Waals surface area contributed by atoms with E-state index < -0.39 is 40.5 Å². The maximum Gasteiger partial charge on any atom is 0.421 e. The Morgan fingerprint density at radius 1 is 1.08 bits per heavy atom. The van der Waals surface area contributed by atoms with Gasteiger partial charge in [-0.15, -0.1) is 0 Å². The molecule has 0 bridgehead atoms. The number of hydrogen-bond donors (Lipinski definition) is 1. The molecule has 2 rings (SSSR count). The molecule has 1 unspecified atom stereocenters. The van der Waals surface area contributed by atoms with Gasteiger partial charge in [0.1, 0.15) is 11.6 Å². The molecule has 0 radical (unpaired) electrons. The zero-order valence-corrected chi connectivity index (χ0v) is 14.3. The lowest BCUT2D eigenvalue weighted by molar-refractivity contribution is -0.258. The highest BCUT2D eigenvalue weighted by Gasteiger charge is 2.51. The molecule has 0 aliphatic rings. The average Bonchev–Trinajstić information content (AvgIpc) is 2.53. The maximum atomic E-state index is 14.5. The van der Waals surface area contributed by atoms with Gasteiger partial charge in [0, 0.05) is 0 Å². The highest BCUT2D eigenvalue weighted by molar-refractivity contribution is 5.80. The van der Waals surface area contributed by atoms with E-state index in [1.807, 2.05) is 0 Å². The van der Waals surface area contributed by atoms with E-state index in [0.29, 0.717) is 6.92 Å². The summed E-state index contributed by atoms with van der Waals surface area (Å²) in [6.45, 7) is 3.92. The Morgan fingerprint density at radius 2 is 1.62 bits per heavy atom. The van der Waals surface area contributed by atoms with Crippen LogP contribution >= 0.6 is 0 Å². The van der Waals surface area contributed by atoms with Gasteiger partial charge in [-0.2, -0.15) is 13.2 Å². The van der Waals surface area contributed by atoms with Gasteiger partial charge < -0.3 is 5.11 Å². The fraction of sp³-hybridized carbons (Fsp3) is 0.316. The summed E-state index contributed by atoms with van der Waals surface area (Å²) in [6, 6.07) is 5.58. The third kappa shape index (κ3) is 3.35. The van der Waals surface area contributed by atoms with Crippen molar-refractivity contribution in [2.45, 2.75) is 38.5 Å². The molecule has 0 aliphatic heterocycles. The van der Waals surface area contributed by atoms with Crippen LogP contribution in [-0.2, 0) is 5.60 Å². The van der Waals surface area contributed by atoms with Crippen molar-refractivity contribution in [1.29, 1.82) is 0 Å². The quantitative estimate of drug-likeness (QED) is 0.581. The average molecular weight is 372 g/mol.